The summed E-state index contributed by atoms with van der Waals surface area (Å²) in [6.45, 7) is 2.38. The molecule has 0 spiro atoms. The van der Waals surface area contributed by atoms with Gasteiger partial charge in [0, 0.05) is 13.8 Å². The maximum absolute atomic E-state index is 6.02. The molecule has 162 valence electrons. The SMILES string of the molecule is CCC[SiH]1CCC(CC[C@H]2CC[C@H](c3ccc(-c4ccc(Cl)cc4)cc3)CC2)CC1. The summed E-state index contributed by atoms with van der Waals surface area (Å²) in [7, 11) is -0.299. The Labute approximate surface area is 191 Å². The largest absolute Gasteiger partial charge is 0.0843 e. The first-order valence-corrected chi connectivity index (χ1v) is 15.4. The fourth-order valence-electron chi connectivity index (χ4n) is 6.06. The molecular formula is C28H39ClSi. The summed E-state index contributed by atoms with van der Waals surface area (Å²) in [5.41, 5.74) is 4.09. The van der Waals surface area contributed by atoms with Gasteiger partial charge in [-0.15, -0.1) is 0 Å². The fraction of sp³-hybridized carbons (Fsp3) is 0.571. The van der Waals surface area contributed by atoms with Crippen molar-refractivity contribution in [2.24, 2.45) is 11.8 Å². The van der Waals surface area contributed by atoms with Crippen LogP contribution in [-0.2, 0) is 0 Å². The quantitative estimate of drug-likeness (QED) is 0.378. The first-order chi connectivity index (χ1) is 14.7. The normalized spacial score (nSPS) is 27.1. The Bertz CT molecular complexity index is 750. The molecule has 1 aliphatic heterocycles. The Hall–Kier alpha value is -1.05. The lowest BCUT2D eigenvalue weighted by Crippen LogP contribution is -2.22. The summed E-state index contributed by atoms with van der Waals surface area (Å²) >= 11 is 6.02. The van der Waals surface area contributed by atoms with Crippen molar-refractivity contribution in [2.75, 3.05) is 0 Å². The number of hydrogen-bond donors (Lipinski definition) is 0. The van der Waals surface area contributed by atoms with E-state index in [0.717, 1.165) is 22.8 Å². The van der Waals surface area contributed by atoms with Gasteiger partial charge in [0.15, 0.2) is 0 Å². The lowest BCUT2D eigenvalue weighted by Gasteiger charge is -2.32. The highest BCUT2D eigenvalue weighted by Gasteiger charge is 2.25. The van der Waals surface area contributed by atoms with Crippen LogP contribution in [0, 0.1) is 11.8 Å². The van der Waals surface area contributed by atoms with Gasteiger partial charge in [0.05, 0.1) is 0 Å². The third-order valence-electron chi connectivity index (χ3n) is 8.05. The number of hydrogen-bond acceptors (Lipinski definition) is 0. The summed E-state index contributed by atoms with van der Waals surface area (Å²) in [5.74, 6) is 2.85. The maximum atomic E-state index is 6.02. The molecule has 2 heteroatoms. The first kappa shape index (κ1) is 22.2. The van der Waals surface area contributed by atoms with E-state index in [1.54, 1.807) is 36.5 Å². The van der Waals surface area contributed by atoms with Crippen LogP contribution in [0.25, 0.3) is 11.1 Å². The average Bonchev–Trinajstić information content (AvgIpc) is 2.80. The van der Waals surface area contributed by atoms with Crippen LogP contribution in [0.3, 0.4) is 0 Å². The predicted octanol–water partition coefficient (Wildman–Crippen LogP) is 9.11. The molecular weight excluding hydrogens is 400 g/mol. The number of halogens is 1. The van der Waals surface area contributed by atoms with Gasteiger partial charge < -0.3 is 0 Å². The molecule has 0 bridgehead atoms. The zero-order chi connectivity index (χ0) is 20.8. The Morgan fingerprint density at radius 2 is 1.27 bits per heavy atom. The Kier molecular flexibility index (Phi) is 8.12. The zero-order valence-corrected chi connectivity index (χ0v) is 20.7. The molecule has 0 unspecified atom stereocenters. The van der Waals surface area contributed by atoms with Gasteiger partial charge in [-0.05, 0) is 72.3 Å². The van der Waals surface area contributed by atoms with E-state index in [0.29, 0.717) is 0 Å². The van der Waals surface area contributed by atoms with E-state index in [9.17, 15) is 0 Å². The highest BCUT2D eigenvalue weighted by Crippen LogP contribution is 2.40. The van der Waals surface area contributed by atoms with Crippen molar-refractivity contribution in [1.82, 2.24) is 0 Å². The van der Waals surface area contributed by atoms with Crippen LogP contribution in [-0.4, -0.2) is 8.80 Å². The average molecular weight is 439 g/mol. The van der Waals surface area contributed by atoms with Crippen LogP contribution in [0.5, 0.6) is 0 Å². The van der Waals surface area contributed by atoms with Gasteiger partial charge >= 0.3 is 0 Å². The summed E-state index contributed by atoms with van der Waals surface area (Å²) in [6.07, 6.45) is 13.3. The highest BCUT2D eigenvalue weighted by molar-refractivity contribution is 6.58. The number of benzene rings is 2. The minimum atomic E-state index is -0.299. The van der Waals surface area contributed by atoms with Crippen molar-refractivity contribution >= 4 is 20.4 Å². The standard InChI is InChI=1S/C28H39ClSi/c1-2-19-30-20-17-23(18-21-30)4-3-22-5-7-24(8-6-22)25-9-11-26(12-10-25)27-13-15-28(29)16-14-27/h9-16,22-24,30H,2-8,17-21H2,1H3/t22-,23?,24-,30?. The van der Waals surface area contributed by atoms with E-state index in [-0.39, 0.29) is 8.80 Å². The van der Waals surface area contributed by atoms with Crippen LogP contribution >= 0.6 is 11.6 Å². The molecule has 1 saturated heterocycles. The summed E-state index contributed by atoms with van der Waals surface area (Å²) in [5, 5.41) is 0.804. The summed E-state index contributed by atoms with van der Waals surface area (Å²) < 4.78 is 0. The monoisotopic (exact) mass is 438 g/mol. The minimum absolute atomic E-state index is 0.299. The molecule has 0 N–H and O–H groups in total. The zero-order valence-electron chi connectivity index (χ0n) is 18.8. The Morgan fingerprint density at radius 3 is 1.83 bits per heavy atom. The molecule has 1 heterocycles. The second-order valence-corrected chi connectivity index (χ2v) is 14.0. The van der Waals surface area contributed by atoms with E-state index < -0.39 is 0 Å². The molecule has 0 amide bonds. The van der Waals surface area contributed by atoms with Crippen molar-refractivity contribution in [3.05, 3.63) is 59.1 Å². The highest BCUT2D eigenvalue weighted by atomic mass is 35.5. The minimum Gasteiger partial charge on any atom is -0.0843 e. The lowest BCUT2D eigenvalue weighted by atomic mass is 9.76. The van der Waals surface area contributed by atoms with Crippen LogP contribution in [0.4, 0.5) is 0 Å². The Morgan fingerprint density at radius 1 is 0.733 bits per heavy atom. The Balaban J connectivity index is 1.20. The van der Waals surface area contributed by atoms with E-state index in [1.807, 2.05) is 12.1 Å². The van der Waals surface area contributed by atoms with Gasteiger partial charge in [-0.3, -0.25) is 0 Å². The molecule has 4 rings (SSSR count). The molecule has 0 nitrogen and oxygen atoms in total. The molecule has 2 aromatic carbocycles. The summed E-state index contributed by atoms with van der Waals surface area (Å²) in [4.78, 5) is 0. The molecule has 2 aliphatic rings. The third kappa shape index (κ3) is 6.01. The second-order valence-electron chi connectivity index (χ2n) is 10.1. The molecule has 2 fully saturated rings. The van der Waals surface area contributed by atoms with Gasteiger partial charge in [0.1, 0.15) is 0 Å². The van der Waals surface area contributed by atoms with Gasteiger partial charge in [-0.1, -0.05) is 105 Å². The van der Waals surface area contributed by atoms with Crippen LogP contribution in [0.15, 0.2) is 48.5 Å². The van der Waals surface area contributed by atoms with E-state index in [2.05, 4.69) is 43.3 Å². The molecule has 0 atom stereocenters. The van der Waals surface area contributed by atoms with Crippen molar-refractivity contribution < 1.29 is 0 Å². The molecule has 1 saturated carbocycles. The van der Waals surface area contributed by atoms with Crippen molar-refractivity contribution in [1.29, 1.82) is 0 Å². The molecule has 30 heavy (non-hydrogen) atoms. The predicted molar refractivity (Wildman–Crippen MR) is 135 cm³/mol. The van der Waals surface area contributed by atoms with Gasteiger partial charge in [-0.25, -0.2) is 0 Å². The van der Waals surface area contributed by atoms with E-state index >= 15 is 0 Å². The number of rotatable bonds is 7. The lowest BCUT2D eigenvalue weighted by molar-refractivity contribution is 0.280. The van der Waals surface area contributed by atoms with Crippen molar-refractivity contribution in [3.8, 4) is 11.1 Å². The van der Waals surface area contributed by atoms with E-state index in [1.165, 1.54) is 56.1 Å². The smallest absolute Gasteiger partial charge is 0.0406 e. The molecule has 0 aromatic heterocycles. The van der Waals surface area contributed by atoms with Crippen molar-refractivity contribution in [2.45, 2.75) is 88.8 Å². The fourth-order valence-corrected chi connectivity index (χ4v) is 9.76. The molecule has 0 radical (unpaired) electrons. The topological polar surface area (TPSA) is 0 Å². The first-order valence-electron chi connectivity index (χ1n) is 12.6. The van der Waals surface area contributed by atoms with Gasteiger partial charge in [-0.2, -0.15) is 0 Å². The van der Waals surface area contributed by atoms with Gasteiger partial charge in [0.2, 0.25) is 0 Å². The molecule has 1 aliphatic carbocycles. The van der Waals surface area contributed by atoms with Crippen LogP contribution in [0.2, 0.25) is 23.2 Å². The van der Waals surface area contributed by atoms with Crippen LogP contribution in [0.1, 0.15) is 76.2 Å². The van der Waals surface area contributed by atoms with Gasteiger partial charge in [0.25, 0.3) is 0 Å². The van der Waals surface area contributed by atoms with Crippen molar-refractivity contribution in [3.63, 3.8) is 0 Å². The molecule has 2 aromatic rings. The third-order valence-corrected chi connectivity index (χ3v) is 12.0. The second kappa shape index (κ2) is 11.0. The maximum Gasteiger partial charge on any atom is 0.0406 e. The van der Waals surface area contributed by atoms with E-state index in [4.69, 9.17) is 11.6 Å². The summed E-state index contributed by atoms with van der Waals surface area (Å²) in [6, 6.07) is 22.4. The van der Waals surface area contributed by atoms with Crippen LogP contribution < -0.4 is 0 Å².